The largest absolute Gasteiger partial charge is 0.231 e. The highest BCUT2D eigenvalue weighted by atomic mass is 79.9. The summed E-state index contributed by atoms with van der Waals surface area (Å²) in [5.41, 5.74) is 0. The highest BCUT2D eigenvalue weighted by Gasteiger charge is 1.86. The van der Waals surface area contributed by atoms with Gasteiger partial charge in [0.15, 0.2) is 0 Å². The molecule has 2 nitrogen and oxygen atoms in total. The van der Waals surface area contributed by atoms with E-state index in [2.05, 4.69) is 15.9 Å². The molecule has 0 aliphatic rings. The number of hydrogen-bond donors (Lipinski definition) is 1. The number of benzene rings is 1. The van der Waals surface area contributed by atoms with E-state index in [0.29, 0.717) is 0 Å². The fourth-order valence-corrected chi connectivity index (χ4v) is 0.831. The lowest BCUT2D eigenvalue weighted by molar-refractivity contribution is 0.563. The van der Waals surface area contributed by atoms with Gasteiger partial charge in [0.2, 0.25) is 6.08 Å². The minimum absolute atomic E-state index is 0.209. The second-order valence-electron chi connectivity index (χ2n) is 1.54. The van der Waals surface area contributed by atoms with E-state index >= 15 is 0 Å². The molecule has 0 aromatic heterocycles. The first kappa shape index (κ1) is 10.0. The van der Waals surface area contributed by atoms with Crippen LogP contribution in [0, 0.1) is 11.2 Å². The van der Waals surface area contributed by atoms with E-state index in [0.717, 1.165) is 10.6 Å². The molecule has 0 amide bonds. The quantitative estimate of drug-likeness (QED) is 0.527. The van der Waals surface area contributed by atoms with Crippen molar-refractivity contribution in [3.8, 4) is 0 Å². The summed E-state index contributed by atoms with van der Waals surface area (Å²) < 4.78 is 12.9. The van der Waals surface area contributed by atoms with Crippen molar-refractivity contribution in [2.24, 2.45) is 0 Å². The lowest BCUT2D eigenvalue weighted by atomic mass is 10.4. The zero-order valence-electron chi connectivity index (χ0n) is 5.47. The van der Waals surface area contributed by atoms with Gasteiger partial charge in [0.05, 0.1) is 0 Å². The molecular formula is C7H5BrFNO. The summed E-state index contributed by atoms with van der Waals surface area (Å²) in [5.74, 6) is -0.209. The van der Waals surface area contributed by atoms with Crippen LogP contribution in [0.25, 0.3) is 0 Å². The molecule has 0 saturated heterocycles. The predicted octanol–water partition coefficient (Wildman–Crippen LogP) is 2.49. The van der Waals surface area contributed by atoms with Gasteiger partial charge >= 0.3 is 0 Å². The highest BCUT2D eigenvalue weighted by Crippen LogP contribution is 2.09. The van der Waals surface area contributed by atoms with Crippen LogP contribution in [0.2, 0.25) is 0 Å². The Morgan fingerprint density at radius 2 is 2.09 bits per heavy atom. The minimum Gasteiger partial charge on any atom is -0.222 e. The molecule has 1 rings (SSSR count). The Balaban J connectivity index is 0.000000292. The number of nitrogens with one attached hydrogen (secondary N) is 1. The molecule has 0 bridgehead atoms. The van der Waals surface area contributed by atoms with Gasteiger partial charge in [0.25, 0.3) is 0 Å². The molecule has 0 fully saturated rings. The fraction of sp³-hybridized carbons (Fsp3) is 0. The molecule has 0 atom stereocenters. The number of rotatable bonds is 0. The molecule has 0 radical (unpaired) electrons. The molecule has 11 heavy (non-hydrogen) atoms. The summed E-state index contributed by atoms with van der Waals surface area (Å²) in [6, 6.07) is 6.26. The van der Waals surface area contributed by atoms with Crippen molar-refractivity contribution in [2.75, 3.05) is 0 Å². The molecule has 0 spiro atoms. The maximum absolute atomic E-state index is 12.1. The monoisotopic (exact) mass is 217 g/mol. The fourth-order valence-electron chi connectivity index (χ4n) is 0.460. The molecule has 1 N–H and O–H groups in total. The Labute approximate surface area is 71.7 Å². The van der Waals surface area contributed by atoms with Gasteiger partial charge in [-0.3, -0.25) is 0 Å². The second-order valence-corrected chi connectivity index (χ2v) is 2.46. The van der Waals surface area contributed by atoms with Gasteiger partial charge in [0, 0.05) is 4.47 Å². The molecule has 1 aromatic rings. The Morgan fingerprint density at radius 1 is 1.55 bits per heavy atom. The van der Waals surface area contributed by atoms with Crippen LogP contribution in [0.3, 0.4) is 0 Å². The third-order valence-electron chi connectivity index (χ3n) is 0.787. The van der Waals surface area contributed by atoms with E-state index in [4.69, 9.17) is 10.2 Å². The standard InChI is InChI=1S/C6H4BrF.CHNO/c7-5-2-1-3-6(8)4-5;2-1-3/h1-4H;2H. The molecule has 4 heteroatoms. The maximum atomic E-state index is 12.1. The Morgan fingerprint density at radius 3 is 2.36 bits per heavy atom. The zero-order chi connectivity index (χ0) is 8.69. The van der Waals surface area contributed by atoms with Crippen molar-refractivity contribution in [1.29, 1.82) is 5.41 Å². The number of isocyanates is 1. The average Bonchev–Trinajstić information content (AvgIpc) is 1.88. The van der Waals surface area contributed by atoms with Gasteiger partial charge < -0.3 is 0 Å². The highest BCUT2D eigenvalue weighted by molar-refractivity contribution is 9.10. The third-order valence-corrected chi connectivity index (χ3v) is 1.28. The van der Waals surface area contributed by atoms with E-state index in [1.54, 1.807) is 12.1 Å². The minimum atomic E-state index is -0.209. The SMILES string of the molecule is Fc1cccc(Br)c1.N=C=O. The van der Waals surface area contributed by atoms with E-state index < -0.39 is 0 Å². The lowest BCUT2D eigenvalue weighted by Gasteiger charge is -1.85. The lowest BCUT2D eigenvalue weighted by Crippen LogP contribution is -1.68. The van der Waals surface area contributed by atoms with E-state index in [-0.39, 0.29) is 5.82 Å². The topological polar surface area (TPSA) is 40.9 Å². The van der Waals surface area contributed by atoms with E-state index in [9.17, 15) is 4.39 Å². The molecule has 0 heterocycles. The van der Waals surface area contributed by atoms with Gasteiger partial charge in [0.1, 0.15) is 5.82 Å². The summed E-state index contributed by atoms with van der Waals surface area (Å²) in [6.45, 7) is 0. The Hall–Kier alpha value is -0.990. The third kappa shape index (κ3) is 5.45. The van der Waals surface area contributed by atoms with Crippen molar-refractivity contribution >= 4 is 22.0 Å². The summed E-state index contributed by atoms with van der Waals surface area (Å²) in [5, 5.41) is 5.40. The summed E-state index contributed by atoms with van der Waals surface area (Å²) in [6.07, 6.45) is 0.750. The smallest absolute Gasteiger partial charge is 0.222 e. The first-order chi connectivity index (χ1) is 5.20. The summed E-state index contributed by atoms with van der Waals surface area (Å²) >= 11 is 3.12. The van der Waals surface area contributed by atoms with Crippen LogP contribution in [0.4, 0.5) is 4.39 Å². The average molecular weight is 218 g/mol. The van der Waals surface area contributed by atoms with Crippen molar-refractivity contribution in [3.05, 3.63) is 34.6 Å². The van der Waals surface area contributed by atoms with Gasteiger partial charge in [-0.15, -0.1) is 0 Å². The van der Waals surface area contributed by atoms with E-state index in [1.165, 1.54) is 12.1 Å². The molecule has 1 aromatic carbocycles. The van der Waals surface area contributed by atoms with Crippen LogP contribution >= 0.6 is 15.9 Å². The van der Waals surface area contributed by atoms with Crippen LogP contribution < -0.4 is 0 Å². The van der Waals surface area contributed by atoms with Crippen molar-refractivity contribution < 1.29 is 9.18 Å². The van der Waals surface area contributed by atoms with Crippen molar-refractivity contribution in [2.45, 2.75) is 0 Å². The van der Waals surface area contributed by atoms with E-state index in [1.807, 2.05) is 0 Å². The first-order valence-corrected chi connectivity index (χ1v) is 3.45. The molecule has 58 valence electrons. The maximum Gasteiger partial charge on any atom is 0.231 e. The Bertz CT molecular complexity index is 241. The normalized spacial score (nSPS) is 7.45. The van der Waals surface area contributed by atoms with Crippen LogP contribution in [-0.2, 0) is 4.79 Å². The zero-order valence-corrected chi connectivity index (χ0v) is 7.06. The first-order valence-electron chi connectivity index (χ1n) is 2.65. The van der Waals surface area contributed by atoms with Crippen molar-refractivity contribution in [1.82, 2.24) is 0 Å². The van der Waals surface area contributed by atoms with Gasteiger partial charge in [-0.2, -0.15) is 0 Å². The molecule has 0 aliphatic carbocycles. The molecule has 0 unspecified atom stereocenters. The van der Waals surface area contributed by atoms with Crippen LogP contribution in [0.5, 0.6) is 0 Å². The second kappa shape index (κ2) is 5.77. The molecular weight excluding hydrogens is 213 g/mol. The van der Waals surface area contributed by atoms with Gasteiger partial charge in [-0.1, -0.05) is 22.0 Å². The van der Waals surface area contributed by atoms with Crippen LogP contribution in [0.15, 0.2) is 28.7 Å². The van der Waals surface area contributed by atoms with Gasteiger partial charge in [-0.25, -0.2) is 14.6 Å². The van der Waals surface area contributed by atoms with Gasteiger partial charge in [-0.05, 0) is 18.2 Å². The summed E-state index contributed by atoms with van der Waals surface area (Å²) in [7, 11) is 0. The van der Waals surface area contributed by atoms with Crippen molar-refractivity contribution in [3.63, 3.8) is 0 Å². The summed E-state index contributed by atoms with van der Waals surface area (Å²) in [4.78, 5) is 8.35. The molecule has 0 saturated carbocycles. The van der Waals surface area contributed by atoms with Crippen LogP contribution in [-0.4, -0.2) is 6.08 Å². The van der Waals surface area contributed by atoms with Crippen LogP contribution in [0.1, 0.15) is 0 Å². The number of hydrogen-bond acceptors (Lipinski definition) is 2. The number of halogens is 2. The number of carbonyl (C=O) groups excluding carboxylic acids is 1. The molecule has 0 aliphatic heterocycles. The predicted molar refractivity (Wildman–Crippen MR) is 42.5 cm³/mol. The Kier molecular flexibility index (Phi) is 5.25.